The zero-order chi connectivity index (χ0) is 17.7. The van der Waals surface area contributed by atoms with Crippen LogP contribution >= 0.6 is 11.3 Å². The maximum atomic E-state index is 12.7. The second-order valence-electron chi connectivity index (χ2n) is 6.20. The topological polar surface area (TPSA) is 87.2 Å². The molecule has 3 aromatic heterocycles. The van der Waals surface area contributed by atoms with Crippen molar-refractivity contribution in [2.24, 2.45) is 0 Å². The van der Waals surface area contributed by atoms with Gasteiger partial charge in [-0.1, -0.05) is 5.16 Å². The fourth-order valence-corrected chi connectivity index (χ4v) is 4.27. The van der Waals surface area contributed by atoms with E-state index >= 15 is 0 Å². The van der Waals surface area contributed by atoms with Crippen molar-refractivity contribution >= 4 is 27.5 Å². The molecule has 25 heavy (non-hydrogen) atoms. The number of hydrogen-bond acceptors (Lipinski definition) is 7. The Morgan fingerprint density at radius 3 is 2.88 bits per heavy atom. The van der Waals surface area contributed by atoms with E-state index in [2.05, 4.69) is 10.1 Å². The van der Waals surface area contributed by atoms with Crippen LogP contribution in [0.3, 0.4) is 0 Å². The number of carbonyl (C=O) groups is 1. The van der Waals surface area contributed by atoms with Crippen LogP contribution < -0.4 is 5.56 Å². The highest BCUT2D eigenvalue weighted by Crippen LogP contribution is 2.29. The van der Waals surface area contributed by atoms with Gasteiger partial charge in [0.1, 0.15) is 27.9 Å². The quantitative estimate of drug-likeness (QED) is 0.668. The van der Waals surface area contributed by atoms with Gasteiger partial charge in [-0.2, -0.15) is 0 Å². The van der Waals surface area contributed by atoms with Gasteiger partial charge in [-0.15, -0.1) is 11.3 Å². The van der Waals surface area contributed by atoms with Crippen molar-refractivity contribution in [2.75, 3.05) is 0 Å². The summed E-state index contributed by atoms with van der Waals surface area (Å²) in [4.78, 5) is 30.8. The molecule has 0 radical (unpaired) electrons. The van der Waals surface area contributed by atoms with Gasteiger partial charge in [0.05, 0.1) is 16.6 Å². The van der Waals surface area contributed by atoms with Gasteiger partial charge in [0, 0.05) is 13.0 Å². The van der Waals surface area contributed by atoms with Gasteiger partial charge in [-0.3, -0.25) is 9.36 Å². The van der Waals surface area contributed by atoms with Crippen LogP contribution in [0.5, 0.6) is 0 Å². The lowest BCUT2D eigenvalue weighted by Crippen LogP contribution is -2.20. The molecule has 4 rings (SSSR count). The molecule has 0 spiro atoms. The first-order valence-electron chi connectivity index (χ1n) is 8.09. The first-order valence-corrected chi connectivity index (χ1v) is 8.90. The molecular formula is C17H17N3O4S. The third kappa shape index (κ3) is 2.48. The van der Waals surface area contributed by atoms with E-state index in [-0.39, 0.29) is 12.2 Å². The van der Waals surface area contributed by atoms with Crippen LogP contribution in [0.4, 0.5) is 0 Å². The molecule has 1 aliphatic heterocycles. The van der Waals surface area contributed by atoms with Gasteiger partial charge in [0.2, 0.25) is 0 Å². The fraction of sp³-hybridized carbons (Fsp3) is 0.412. The molecule has 0 amide bonds. The molecule has 0 aliphatic carbocycles. The van der Waals surface area contributed by atoms with Crippen molar-refractivity contribution in [1.82, 2.24) is 14.7 Å². The molecule has 1 aliphatic rings. The van der Waals surface area contributed by atoms with Crippen LogP contribution in [0.1, 0.15) is 44.5 Å². The average Bonchev–Trinajstić information content (AvgIpc) is 3.25. The zero-order valence-electron chi connectivity index (χ0n) is 14.2. The Bertz CT molecular complexity index is 1040. The number of rotatable bonds is 3. The fourth-order valence-electron chi connectivity index (χ4n) is 3.18. The Balaban J connectivity index is 1.67. The number of aryl methyl sites for hydroxylation is 4. The number of thiophene rings is 1. The standard InChI is InChI=1S/C17H17N3O4S/c1-8-13-15(18-12-5-4-6-20(12)16(13)21)25-14(8)17(22)23-7-11-9(2)19-24-10(11)3/h4-7H2,1-3H3. The molecule has 0 saturated carbocycles. The number of carbonyl (C=O) groups excluding carboxylic acids is 1. The second-order valence-corrected chi connectivity index (χ2v) is 7.20. The molecule has 130 valence electrons. The van der Waals surface area contributed by atoms with Crippen LogP contribution in [0.25, 0.3) is 10.2 Å². The van der Waals surface area contributed by atoms with E-state index in [0.717, 1.165) is 24.2 Å². The highest BCUT2D eigenvalue weighted by Gasteiger charge is 2.24. The van der Waals surface area contributed by atoms with Crippen LogP contribution in [-0.2, 0) is 24.3 Å². The summed E-state index contributed by atoms with van der Waals surface area (Å²) < 4.78 is 12.2. The lowest BCUT2D eigenvalue weighted by molar-refractivity contribution is 0.0476. The molecule has 0 unspecified atom stereocenters. The van der Waals surface area contributed by atoms with Gasteiger partial charge in [-0.25, -0.2) is 9.78 Å². The predicted molar refractivity (Wildman–Crippen MR) is 92.0 cm³/mol. The Kier molecular flexibility index (Phi) is 3.72. The van der Waals surface area contributed by atoms with Crippen molar-refractivity contribution in [3.8, 4) is 0 Å². The van der Waals surface area contributed by atoms with Gasteiger partial charge >= 0.3 is 5.97 Å². The minimum atomic E-state index is -0.454. The lowest BCUT2D eigenvalue weighted by Gasteiger charge is -2.03. The smallest absolute Gasteiger partial charge is 0.349 e. The van der Waals surface area contributed by atoms with Gasteiger partial charge in [-0.05, 0) is 32.8 Å². The summed E-state index contributed by atoms with van der Waals surface area (Å²) >= 11 is 1.22. The third-order valence-corrected chi connectivity index (χ3v) is 5.79. The average molecular weight is 359 g/mol. The summed E-state index contributed by atoms with van der Waals surface area (Å²) in [5.41, 5.74) is 2.05. The SMILES string of the molecule is Cc1noc(C)c1COC(=O)c1sc2nc3n(c(=O)c2c1C)CCC3. The van der Waals surface area contributed by atoms with E-state index in [0.29, 0.717) is 38.7 Å². The minimum absolute atomic E-state index is 0.0592. The summed E-state index contributed by atoms with van der Waals surface area (Å²) in [5.74, 6) is 0.981. The molecule has 8 heteroatoms. The van der Waals surface area contributed by atoms with Gasteiger partial charge < -0.3 is 9.26 Å². The summed E-state index contributed by atoms with van der Waals surface area (Å²) in [6, 6.07) is 0. The zero-order valence-corrected chi connectivity index (χ0v) is 15.0. The van der Waals surface area contributed by atoms with E-state index < -0.39 is 5.97 Å². The number of fused-ring (bicyclic) bond motifs is 2. The van der Waals surface area contributed by atoms with Crippen LogP contribution in [0, 0.1) is 20.8 Å². The van der Waals surface area contributed by atoms with E-state index in [4.69, 9.17) is 9.26 Å². The number of ether oxygens (including phenoxy) is 1. The number of nitrogens with zero attached hydrogens (tertiary/aromatic N) is 3. The molecule has 3 aromatic rings. The first kappa shape index (κ1) is 16.0. The minimum Gasteiger partial charge on any atom is -0.456 e. The van der Waals surface area contributed by atoms with Crippen molar-refractivity contribution in [2.45, 2.75) is 46.8 Å². The predicted octanol–water partition coefficient (Wildman–Crippen LogP) is 2.67. The Morgan fingerprint density at radius 2 is 2.16 bits per heavy atom. The maximum absolute atomic E-state index is 12.7. The molecule has 0 aromatic carbocycles. The highest BCUT2D eigenvalue weighted by atomic mass is 32.1. The summed E-state index contributed by atoms with van der Waals surface area (Å²) in [5, 5.41) is 4.38. The second kappa shape index (κ2) is 5.80. The van der Waals surface area contributed by atoms with Gasteiger partial charge in [0.25, 0.3) is 5.56 Å². The normalized spacial score (nSPS) is 13.4. The van der Waals surface area contributed by atoms with Crippen molar-refractivity contribution in [3.05, 3.63) is 43.6 Å². The Labute approximate surface area is 147 Å². The Hall–Kier alpha value is -2.48. The van der Waals surface area contributed by atoms with E-state index in [9.17, 15) is 9.59 Å². The van der Waals surface area contributed by atoms with Crippen molar-refractivity contribution in [3.63, 3.8) is 0 Å². The van der Waals surface area contributed by atoms with Crippen LogP contribution in [-0.4, -0.2) is 20.7 Å². The lowest BCUT2D eigenvalue weighted by atomic mass is 10.2. The maximum Gasteiger partial charge on any atom is 0.349 e. The first-order chi connectivity index (χ1) is 12.0. The molecule has 0 atom stereocenters. The molecule has 4 heterocycles. The van der Waals surface area contributed by atoms with Crippen molar-refractivity contribution < 1.29 is 14.1 Å². The molecular weight excluding hydrogens is 342 g/mol. The molecule has 7 nitrogen and oxygen atoms in total. The van der Waals surface area contributed by atoms with E-state index in [1.165, 1.54) is 11.3 Å². The molecule has 0 fully saturated rings. The summed E-state index contributed by atoms with van der Waals surface area (Å²) in [6.07, 6.45) is 1.73. The van der Waals surface area contributed by atoms with Crippen molar-refractivity contribution in [1.29, 1.82) is 0 Å². The third-order valence-electron chi connectivity index (χ3n) is 4.63. The van der Waals surface area contributed by atoms with Crippen LogP contribution in [0.2, 0.25) is 0 Å². The summed E-state index contributed by atoms with van der Waals surface area (Å²) in [6.45, 7) is 6.14. The highest BCUT2D eigenvalue weighted by molar-refractivity contribution is 7.20. The number of hydrogen-bond donors (Lipinski definition) is 0. The van der Waals surface area contributed by atoms with E-state index in [1.54, 1.807) is 25.3 Å². The largest absolute Gasteiger partial charge is 0.456 e. The van der Waals surface area contributed by atoms with E-state index in [1.807, 2.05) is 0 Å². The van der Waals surface area contributed by atoms with Crippen LogP contribution in [0.15, 0.2) is 9.32 Å². The molecule has 0 bridgehead atoms. The number of esters is 1. The number of aromatic nitrogens is 3. The molecule has 0 N–H and O–H groups in total. The summed E-state index contributed by atoms with van der Waals surface area (Å²) in [7, 11) is 0. The monoisotopic (exact) mass is 359 g/mol. The van der Waals surface area contributed by atoms with Gasteiger partial charge in [0.15, 0.2) is 0 Å². The Morgan fingerprint density at radius 1 is 1.36 bits per heavy atom. The molecule has 0 saturated heterocycles.